The van der Waals surface area contributed by atoms with Crippen molar-refractivity contribution in [2.24, 2.45) is 11.8 Å². The molecule has 0 spiro atoms. The van der Waals surface area contributed by atoms with Crippen LogP contribution in [0.15, 0.2) is 29.6 Å². The summed E-state index contributed by atoms with van der Waals surface area (Å²) in [5, 5.41) is 4.80. The largest absolute Gasteiger partial charge is 0.497 e. The van der Waals surface area contributed by atoms with Gasteiger partial charge in [-0.15, -0.1) is 11.3 Å². The molecule has 2 aromatic rings. The van der Waals surface area contributed by atoms with Gasteiger partial charge in [0.15, 0.2) is 6.61 Å². The molecule has 3 rings (SSSR count). The van der Waals surface area contributed by atoms with Gasteiger partial charge in [0.25, 0.3) is 5.91 Å². The topological polar surface area (TPSA) is 90.9 Å². The van der Waals surface area contributed by atoms with Crippen molar-refractivity contribution in [3.63, 3.8) is 0 Å². The summed E-state index contributed by atoms with van der Waals surface area (Å²) in [7, 11) is 1.58. The van der Waals surface area contributed by atoms with Crippen molar-refractivity contribution in [2.75, 3.05) is 25.6 Å². The van der Waals surface area contributed by atoms with E-state index in [9.17, 15) is 14.4 Å². The summed E-state index contributed by atoms with van der Waals surface area (Å²) in [6, 6.07) is 7.23. The van der Waals surface area contributed by atoms with Gasteiger partial charge in [0.1, 0.15) is 16.3 Å². The van der Waals surface area contributed by atoms with Gasteiger partial charge in [0.05, 0.1) is 19.6 Å². The van der Waals surface area contributed by atoms with Crippen LogP contribution in [0.1, 0.15) is 30.6 Å². The monoisotopic (exact) mass is 417 g/mol. The number of esters is 2. The van der Waals surface area contributed by atoms with Gasteiger partial charge in [-0.05, 0) is 37.0 Å². The Labute approximate surface area is 173 Å². The van der Waals surface area contributed by atoms with Crippen LogP contribution >= 0.6 is 11.3 Å². The van der Waals surface area contributed by atoms with Crippen LogP contribution in [0.2, 0.25) is 0 Å². The number of methoxy groups -OCH3 is 1. The minimum Gasteiger partial charge on any atom is -0.497 e. The van der Waals surface area contributed by atoms with Crippen molar-refractivity contribution >= 4 is 34.2 Å². The fraction of sp³-hybridized carbons (Fsp3) is 0.381. The predicted octanol–water partition coefficient (Wildman–Crippen LogP) is 3.74. The first-order valence-corrected chi connectivity index (χ1v) is 10.2. The zero-order valence-electron chi connectivity index (χ0n) is 16.5. The van der Waals surface area contributed by atoms with E-state index in [0.29, 0.717) is 22.2 Å². The first-order valence-electron chi connectivity index (χ1n) is 9.34. The number of carbonyl (C=O) groups excluding carboxylic acids is 3. The minimum atomic E-state index is -0.529. The summed E-state index contributed by atoms with van der Waals surface area (Å²) in [4.78, 5) is 36.6. The van der Waals surface area contributed by atoms with E-state index in [1.807, 2.05) is 19.1 Å². The Morgan fingerprint density at radius 1 is 1.17 bits per heavy atom. The number of nitrogens with one attached hydrogen (secondary N) is 1. The highest BCUT2D eigenvalue weighted by molar-refractivity contribution is 7.15. The summed E-state index contributed by atoms with van der Waals surface area (Å²) in [5.41, 5.74) is 1.72. The second-order valence-corrected chi connectivity index (χ2v) is 7.66. The second kappa shape index (κ2) is 9.09. The molecule has 29 heavy (non-hydrogen) atoms. The SMILES string of the molecule is CCOC(=O)c1c(-c2ccc(OC)cc2)csc1NC(=O)COC(=O)[C@H]1C[C@H]1C. The van der Waals surface area contributed by atoms with Gasteiger partial charge in [-0.2, -0.15) is 0 Å². The van der Waals surface area contributed by atoms with E-state index < -0.39 is 11.9 Å². The third-order valence-corrected chi connectivity index (χ3v) is 5.58. The molecule has 7 nitrogen and oxygen atoms in total. The maximum Gasteiger partial charge on any atom is 0.341 e. The van der Waals surface area contributed by atoms with E-state index in [2.05, 4.69) is 5.32 Å². The van der Waals surface area contributed by atoms with Gasteiger partial charge in [0.2, 0.25) is 0 Å². The Bertz CT molecular complexity index is 904. The molecule has 2 atom stereocenters. The normalized spacial score (nSPS) is 17.3. The number of anilines is 1. The lowest BCUT2D eigenvalue weighted by Gasteiger charge is -2.09. The van der Waals surface area contributed by atoms with Gasteiger partial charge in [-0.3, -0.25) is 9.59 Å². The van der Waals surface area contributed by atoms with Crippen molar-refractivity contribution in [3.8, 4) is 16.9 Å². The van der Waals surface area contributed by atoms with E-state index in [-0.39, 0.29) is 30.7 Å². The molecule has 0 saturated heterocycles. The molecule has 0 radical (unpaired) electrons. The standard InChI is InChI=1S/C21H23NO6S/c1-4-27-21(25)18-16(13-5-7-14(26-3)8-6-13)11-29-19(18)22-17(23)10-28-20(24)15-9-12(15)2/h5-8,11-12,15H,4,9-10H2,1-3H3,(H,22,23)/t12-,15+/m1/s1. The van der Waals surface area contributed by atoms with Crippen molar-refractivity contribution in [1.29, 1.82) is 0 Å². The second-order valence-electron chi connectivity index (χ2n) is 6.78. The number of ether oxygens (including phenoxy) is 3. The fourth-order valence-electron chi connectivity index (χ4n) is 2.90. The lowest BCUT2D eigenvalue weighted by atomic mass is 10.0. The highest BCUT2D eigenvalue weighted by atomic mass is 32.1. The van der Waals surface area contributed by atoms with Crippen molar-refractivity contribution in [1.82, 2.24) is 0 Å². The quantitative estimate of drug-likeness (QED) is 0.658. The van der Waals surface area contributed by atoms with Crippen molar-refractivity contribution in [2.45, 2.75) is 20.3 Å². The van der Waals surface area contributed by atoms with Crippen molar-refractivity contribution < 1.29 is 28.6 Å². The van der Waals surface area contributed by atoms with Crippen LogP contribution in [-0.4, -0.2) is 38.2 Å². The fourth-order valence-corrected chi connectivity index (χ4v) is 3.87. The maximum atomic E-state index is 12.5. The molecule has 1 aliphatic rings. The summed E-state index contributed by atoms with van der Waals surface area (Å²) in [5.74, 6) is -0.490. The molecule has 1 aromatic heterocycles. The Morgan fingerprint density at radius 2 is 1.86 bits per heavy atom. The molecule has 1 saturated carbocycles. The molecule has 1 aliphatic carbocycles. The number of thiophene rings is 1. The van der Waals surface area contributed by atoms with E-state index in [4.69, 9.17) is 14.2 Å². The lowest BCUT2D eigenvalue weighted by molar-refractivity contribution is -0.148. The van der Waals surface area contributed by atoms with E-state index >= 15 is 0 Å². The number of rotatable bonds is 8. The van der Waals surface area contributed by atoms with Gasteiger partial charge in [-0.25, -0.2) is 4.79 Å². The van der Waals surface area contributed by atoms with E-state index in [0.717, 1.165) is 12.0 Å². The molecule has 154 valence electrons. The van der Waals surface area contributed by atoms with E-state index in [1.165, 1.54) is 11.3 Å². The maximum absolute atomic E-state index is 12.5. The summed E-state index contributed by atoms with van der Waals surface area (Å²) in [6.45, 7) is 3.50. The van der Waals surface area contributed by atoms with Crippen LogP contribution < -0.4 is 10.1 Å². The highest BCUT2D eigenvalue weighted by Gasteiger charge is 2.40. The smallest absolute Gasteiger partial charge is 0.341 e. The summed E-state index contributed by atoms with van der Waals surface area (Å²) < 4.78 is 15.4. The third kappa shape index (κ3) is 4.95. The molecule has 8 heteroatoms. The number of amides is 1. The van der Waals surface area contributed by atoms with Crippen LogP contribution in [-0.2, 0) is 19.1 Å². The average molecular weight is 417 g/mol. The molecule has 1 fully saturated rings. The molecule has 1 heterocycles. The molecular formula is C21H23NO6S. The number of benzene rings is 1. The van der Waals surface area contributed by atoms with Gasteiger partial charge < -0.3 is 19.5 Å². The molecule has 0 aliphatic heterocycles. The Hall–Kier alpha value is -2.87. The minimum absolute atomic E-state index is 0.110. The van der Waals surface area contributed by atoms with E-state index in [1.54, 1.807) is 31.5 Å². The Kier molecular flexibility index (Phi) is 6.53. The summed E-state index contributed by atoms with van der Waals surface area (Å²) in [6.07, 6.45) is 0.795. The predicted molar refractivity (Wildman–Crippen MR) is 109 cm³/mol. The lowest BCUT2D eigenvalue weighted by Crippen LogP contribution is -2.22. The van der Waals surface area contributed by atoms with Gasteiger partial charge in [-0.1, -0.05) is 19.1 Å². The number of hydrogen-bond donors (Lipinski definition) is 1. The van der Waals surface area contributed by atoms with Gasteiger partial charge in [0, 0.05) is 10.9 Å². The molecular weight excluding hydrogens is 394 g/mol. The van der Waals surface area contributed by atoms with Crippen LogP contribution in [0.4, 0.5) is 5.00 Å². The highest BCUT2D eigenvalue weighted by Crippen LogP contribution is 2.39. The molecule has 1 N–H and O–H groups in total. The first kappa shape index (κ1) is 20.9. The first-order chi connectivity index (χ1) is 13.9. The Morgan fingerprint density at radius 3 is 2.45 bits per heavy atom. The molecule has 0 bridgehead atoms. The molecule has 1 aromatic carbocycles. The summed E-state index contributed by atoms with van der Waals surface area (Å²) >= 11 is 1.21. The van der Waals surface area contributed by atoms with Crippen LogP contribution in [0.3, 0.4) is 0 Å². The number of carbonyl (C=O) groups is 3. The van der Waals surface area contributed by atoms with Crippen LogP contribution in [0.25, 0.3) is 11.1 Å². The molecule has 0 unspecified atom stereocenters. The van der Waals surface area contributed by atoms with Gasteiger partial charge >= 0.3 is 11.9 Å². The van der Waals surface area contributed by atoms with Crippen molar-refractivity contribution in [3.05, 3.63) is 35.2 Å². The number of hydrogen-bond acceptors (Lipinski definition) is 7. The van der Waals surface area contributed by atoms with Crippen LogP contribution in [0.5, 0.6) is 5.75 Å². The molecule has 1 amide bonds. The zero-order valence-corrected chi connectivity index (χ0v) is 17.3. The zero-order chi connectivity index (χ0) is 21.0. The Balaban J connectivity index is 1.76. The third-order valence-electron chi connectivity index (χ3n) is 4.68. The van der Waals surface area contributed by atoms with Crippen LogP contribution in [0, 0.1) is 11.8 Å². The average Bonchev–Trinajstić information content (AvgIpc) is 3.31.